The van der Waals surface area contributed by atoms with Crippen LogP contribution in [0.1, 0.15) is 33.6 Å². The molecule has 10 nitrogen and oxygen atoms in total. The Morgan fingerprint density at radius 1 is 1.26 bits per heavy atom. The Morgan fingerprint density at radius 2 is 2.06 bits per heavy atom. The van der Waals surface area contributed by atoms with Crippen molar-refractivity contribution >= 4 is 41.1 Å². The number of pyridine rings is 1. The highest BCUT2D eigenvalue weighted by Gasteiger charge is 2.38. The highest BCUT2D eigenvalue weighted by molar-refractivity contribution is 7.14. The predicted molar refractivity (Wildman–Crippen MR) is 126 cm³/mol. The van der Waals surface area contributed by atoms with Gasteiger partial charge in [-0.25, -0.2) is 9.78 Å². The van der Waals surface area contributed by atoms with Gasteiger partial charge in [-0.1, -0.05) is 17.3 Å². The van der Waals surface area contributed by atoms with Crippen molar-refractivity contribution in [3.05, 3.63) is 70.5 Å². The first-order valence-electron chi connectivity index (χ1n) is 10.5. The molecule has 1 aliphatic rings. The van der Waals surface area contributed by atoms with Gasteiger partial charge in [-0.3, -0.25) is 9.78 Å². The molecule has 0 bridgehead atoms. The number of aromatic nitrogens is 2. The van der Waals surface area contributed by atoms with Crippen LogP contribution < -0.4 is 9.97 Å². The van der Waals surface area contributed by atoms with Crippen LogP contribution in [-0.2, 0) is 17.6 Å². The second-order valence-corrected chi connectivity index (χ2v) is 8.58. The fourth-order valence-corrected chi connectivity index (χ4v) is 4.46. The maximum atomic E-state index is 12.9. The van der Waals surface area contributed by atoms with E-state index in [2.05, 4.69) is 20.4 Å². The number of thiazole rings is 1. The Kier molecular flexibility index (Phi) is 7.19. The second kappa shape index (κ2) is 10.4. The third-order valence-corrected chi connectivity index (χ3v) is 6.25. The Hall–Kier alpha value is -3.77. The van der Waals surface area contributed by atoms with E-state index in [-0.39, 0.29) is 35.6 Å². The van der Waals surface area contributed by atoms with Gasteiger partial charge in [-0.05, 0) is 42.2 Å². The second-order valence-electron chi connectivity index (χ2n) is 7.72. The lowest BCUT2D eigenvalue weighted by atomic mass is 9.64. The van der Waals surface area contributed by atoms with Crippen molar-refractivity contribution in [3.8, 4) is 5.75 Å². The van der Waals surface area contributed by atoms with Crippen molar-refractivity contribution < 1.29 is 29.6 Å². The van der Waals surface area contributed by atoms with Gasteiger partial charge >= 0.3 is 13.1 Å². The van der Waals surface area contributed by atoms with Crippen molar-refractivity contribution in [2.24, 2.45) is 5.16 Å². The number of ketones is 1. The number of carbonyl (C=O) groups excluding carboxylic acids is 1. The lowest BCUT2D eigenvalue weighted by Gasteiger charge is -2.27. The topological polar surface area (TPSA) is 154 Å². The Balaban J connectivity index is 1.39. The molecule has 34 heavy (non-hydrogen) atoms. The fourth-order valence-electron chi connectivity index (χ4n) is 3.74. The van der Waals surface area contributed by atoms with Gasteiger partial charge < -0.3 is 25.3 Å². The summed E-state index contributed by atoms with van der Waals surface area (Å²) in [5, 5.41) is 37.7. The summed E-state index contributed by atoms with van der Waals surface area (Å²) in [7, 11) is -1.38. The molecular formula is C22H21BN4O6S. The van der Waals surface area contributed by atoms with E-state index in [9.17, 15) is 24.9 Å². The number of fused-ring (bicyclic) bond motifs is 1. The molecule has 0 radical (unpaired) electrons. The van der Waals surface area contributed by atoms with E-state index in [4.69, 9.17) is 4.65 Å². The zero-order valence-corrected chi connectivity index (χ0v) is 18.7. The summed E-state index contributed by atoms with van der Waals surface area (Å²) in [4.78, 5) is 32.6. The van der Waals surface area contributed by atoms with Crippen LogP contribution in [0.3, 0.4) is 0 Å². The van der Waals surface area contributed by atoms with E-state index < -0.39 is 24.7 Å². The number of para-hydroxylation sites is 1. The number of Topliss-reactive ketones (excluding diaryl/α,β-unsaturated/α-hetero) is 1. The third-order valence-electron chi connectivity index (χ3n) is 5.45. The molecule has 1 aromatic carbocycles. The Morgan fingerprint density at radius 3 is 2.79 bits per heavy atom. The number of hydrogen-bond donors (Lipinski definition) is 4. The van der Waals surface area contributed by atoms with Crippen LogP contribution >= 0.6 is 11.3 Å². The van der Waals surface area contributed by atoms with Gasteiger partial charge in [0.2, 0.25) is 0 Å². The molecule has 0 fully saturated rings. The first-order chi connectivity index (χ1) is 16.5. The summed E-state index contributed by atoms with van der Waals surface area (Å²) in [6.07, 6.45) is 4.29. The van der Waals surface area contributed by atoms with Gasteiger partial charge in [0.05, 0.1) is 5.56 Å². The number of rotatable bonds is 9. The minimum Gasteiger partial charge on any atom is -0.535 e. The quantitative estimate of drug-likeness (QED) is 0.157. The number of nitrogens with one attached hydrogen (secondary N) is 1. The highest BCUT2D eigenvalue weighted by Crippen LogP contribution is 2.36. The van der Waals surface area contributed by atoms with E-state index in [0.717, 1.165) is 12.0 Å². The van der Waals surface area contributed by atoms with Crippen LogP contribution in [0.4, 0.5) is 5.13 Å². The van der Waals surface area contributed by atoms with Crippen LogP contribution in [-0.4, -0.2) is 56.4 Å². The average Bonchev–Trinajstić information content (AvgIpc) is 3.28. The fraction of sp³-hybridized carbons (Fsp3) is 0.227. The van der Waals surface area contributed by atoms with Crippen LogP contribution in [0.5, 0.6) is 5.75 Å². The third kappa shape index (κ3) is 5.24. The number of aromatic carboxylic acids is 1. The smallest absolute Gasteiger partial charge is 0.526 e. The van der Waals surface area contributed by atoms with E-state index in [1.807, 2.05) is 12.1 Å². The molecule has 0 saturated carbocycles. The van der Waals surface area contributed by atoms with Gasteiger partial charge in [0.15, 0.2) is 16.6 Å². The summed E-state index contributed by atoms with van der Waals surface area (Å²) in [6.45, 7) is 0.625. The van der Waals surface area contributed by atoms with Gasteiger partial charge in [0, 0.05) is 36.6 Å². The Labute approximate surface area is 199 Å². The summed E-state index contributed by atoms with van der Waals surface area (Å²) in [5.41, 5.74) is 1.67. The van der Waals surface area contributed by atoms with Gasteiger partial charge in [0.25, 0.3) is 0 Å². The molecule has 3 aromatic rings. The number of nitrogens with zero attached hydrogens (tertiary/aromatic N) is 3. The summed E-state index contributed by atoms with van der Waals surface area (Å²) in [6, 6.07) is 8.52. The summed E-state index contributed by atoms with van der Waals surface area (Å²) < 4.78 is 5.43. The molecule has 0 spiro atoms. The molecule has 0 aliphatic carbocycles. The van der Waals surface area contributed by atoms with Crippen molar-refractivity contribution in [2.75, 3.05) is 11.9 Å². The molecule has 0 amide bonds. The average molecular weight is 480 g/mol. The molecule has 174 valence electrons. The number of carbonyl (C=O) groups is 2. The van der Waals surface area contributed by atoms with Gasteiger partial charge in [-0.15, -0.1) is 11.3 Å². The first-order valence-corrected chi connectivity index (χ1v) is 11.4. The molecule has 12 heteroatoms. The zero-order valence-electron chi connectivity index (χ0n) is 17.9. The molecular weight excluding hydrogens is 459 g/mol. The number of carboxylic acids is 1. The van der Waals surface area contributed by atoms with Gasteiger partial charge in [-0.2, -0.15) is 0 Å². The SMILES string of the molecule is O=C(C[C@H]1Cc2cccc(C(=O)O)c2OB1O)/C(=N\O)c1csc(NCCc2ccncc2)n1. The zero-order chi connectivity index (χ0) is 24.1. The first kappa shape index (κ1) is 23.4. The minimum absolute atomic E-state index is 0.0506. The summed E-state index contributed by atoms with van der Waals surface area (Å²) in [5.74, 6) is -2.22. The van der Waals surface area contributed by atoms with E-state index in [1.165, 1.54) is 17.4 Å². The molecule has 4 rings (SSSR count). The minimum atomic E-state index is -1.38. The monoisotopic (exact) mass is 480 g/mol. The number of carboxylic acid groups (broad SMARTS) is 1. The van der Waals surface area contributed by atoms with Crippen molar-refractivity contribution in [2.45, 2.75) is 25.1 Å². The lowest BCUT2D eigenvalue weighted by Crippen LogP contribution is -2.36. The standard InChI is InChI=1S/C22H21BN4O6S/c28-18(11-15-10-14-2-1-3-16(21(29)30)20(14)33-23(15)31)19(27-32)17-12-34-22(26-17)25-9-6-13-4-7-24-8-5-13/h1-5,7-8,12,15,31-32H,6,9-11H2,(H,25,26)(H,29,30)/b27-19-/t15-/m1/s1. The molecule has 3 heterocycles. The van der Waals surface area contributed by atoms with E-state index in [1.54, 1.807) is 29.9 Å². The van der Waals surface area contributed by atoms with E-state index >= 15 is 0 Å². The summed E-state index contributed by atoms with van der Waals surface area (Å²) >= 11 is 1.28. The number of hydrogen-bond acceptors (Lipinski definition) is 10. The van der Waals surface area contributed by atoms with Crippen LogP contribution in [0.2, 0.25) is 5.82 Å². The number of oxime groups is 1. The normalized spacial score (nSPS) is 15.4. The maximum absolute atomic E-state index is 12.9. The lowest BCUT2D eigenvalue weighted by molar-refractivity contribution is -0.113. The van der Waals surface area contributed by atoms with E-state index in [0.29, 0.717) is 17.2 Å². The molecule has 1 atom stereocenters. The molecule has 2 aromatic heterocycles. The largest absolute Gasteiger partial charge is 0.535 e. The Bertz CT molecular complexity index is 1220. The number of benzene rings is 1. The van der Waals surface area contributed by atoms with Crippen LogP contribution in [0.15, 0.2) is 53.3 Å². The number of anilines is 1. The predicted octanol–water partition coefficient (Wildman–Crippen LogP) is 2.51. The van der Waals surface area contributed by atoms with Crippen LogP contribution in [0, 0.1) is 0 Å². The van der Waals surface area contributed by atoms with Crippen molar-refractivity contribution in [3.63, 3.8) is 0 Å². The molecule has 0 unspecified atom stereocenters. The molecule has 1 aliphatic heterocycles. The van der Waals surface area contributed by atoms with Crippen molar-refractivity contribution in [1.29, 1.82) is 0 Å². The maximum Gasteiger partial charge on any atom is 0.526 e. The van der Waals surface area contributed by atoms with Crippen molar-refractivity contribution in [1.82, 2.24) is 9.97 Å². The highest BCUT2D eigenvalue weighted by atomic mass is 32.1. The van der Waals surface area contributed by atoms with Gasteiger partial charge in [0.1, 0.15) is 11.4 Å². The molecule has 0 saturated heterocycles. The molecule has 4 N–H and O–H groups in total. The van der Waals surface area contributed by atoms with Crippen LogP contribution in [0.25, 0.3) is 0 Å².